The second kappa shape index (κ2) is 7.40. The standard InChI is InChI=1S/C17H16ClN5O3/c1-23(2)17-21-14(20-16(19)22-17)9-25-15(24)13-8-7-12(26-13)10-5-3-4-6-11(10)18/h3-8H,9H2,1-2H3,(H2,19,20,21,22). The summed E-state index contributed by atoms with van der Waals surface area (Å²) in [6.07, 6.45) is 0. The molecule has 0 aliphatic rings. The van der Waals surface area contributed by atoms with Crippen molar-refractivity contribution < 1.29 is 13.9 Å². The second-order valence-electron chi connectivity index (χ2n) is 5.52. The molecule has 0 saturated carbocycles. The molecule has 0 fully saturated rings. The number of nitrogen functional groups attached to an aromatic ring is 1. The number of ether oxygens (including phenoxy) is 1. The molecule has 0 unspecified atom stereocenters. The van der Waals surface area contributed by atoms with Gasteiger partial charge in [-0.2, -0.15) is 15.0 Å². The Hall–Kier alpha value is -3.13. The molecule has 3 rings (SSSR count). The van der Waals surface area contributed by atoms with Gasteiger partial charge in [0, 0.05) is 19.7 Å². The Morgan fingerprint density at radius 1 is 1.19 bits per heavy atom. The fraction of sp³-hybridized carbons (Fsp3) is 0.176. The van der Waals surface area contributed by atoms with Gasteiger partial charge in [0.15, 0.2) is 12.4 Å². The van der Waals surface area contributed by atoms with E-state index in [4.69, 9.17) is 26.5 Å². The number of nitrogens with two attached hydrogens (primary N) is 1. The largest absolute Gasteiger partial charge is 0.452 e. The molecule has 134 valence electrons. The predicted octanol–water partition coefficient (Wildman–Crippen LogP) is 2.79. The summed E-state index contributed by atoms with van der Waals surface area (Å²) in [5.74, 6) is 0.550. The molecule has 1 aromatic carbocycles. The van der Waals surface area contributed by atoms with Crippen molar-refractivity contribution in [2.24, 2.45) is 0 Å². The van der Waals surface area contributed by atoms with Crippen LogP contribution in [0.3, 0.4) is 0 Å². The molecule has 26 heavy (non-hydrogen) atoms. The van der Waals surface area contributed by atoms with E-state index in [-0.39, 0.29) is 24.1 Å². The Labute approximate surface area is 154 Å². The lowest BCUT2D eigenvalue weighted by atomic mass is 10.2. The number of furan rings is 1. The normalized spacial score (nSPS) is 10.6. The third-order valence-electron chi connectivity index (χ3n) is 3.37. The van der Waals surface area contributed by atoms with Gasteiger partial charge < -0.3 is 19.8 Å². The molecule has 0 spiro atoms. The smallest absolute Gasteiger partial charge is 0.374 e. The zero-order chi connectivity index (χ0) is 18.7. The van der Waals surface area contributed by atoms with Crippen LogP contribution in [0.25, 0.3) is 11.3 Å². The van der Waals surface area contributed by atoms with Crippen LogP contribution in [0.5, 0.6) is 0 Å². The number of aromatic nitrogens is 3. The van der Waals surface area contributed by atoms with Crippen molar-refractivity contribution in [1.29, 1.82) is 0 Å². The molecule has 9 heteroatoms. The van der Waals surface area contributed by atoms with Crippen LogP contribution in [0.2, 0.25) is 5.02 Å². The van der Waals surface area contributed by atoms with Crippen LogP contribution in [0.15, 0.2) is 40.8 Å². The Kier molecular flexibility index (Phi) is 5.04. The van der Waals surface area contributed by atoms with E-state index in [2.05, 4.69) is 15.0 Å². The minimum atomic E-state index is -0.645. The molecule has 2 heterocycles. The first kappa shape index (κ1) is 17.7. The molecule has 8 nitrogen and oxygen atoms in total. The number of carbonyl (C=O) groups excluding carboxylic acids is 1. The minimum absolute atomic E-state index is 0.0498. The van der Waals surface area contributed by atoms with E-state index >= 15 is 0 Å². The molecule has 0 bridgehead atoms. The van der Waals surface area contributed by atoms with Crippen molar-refractivity contribution in [3.05, 3.63) is 53.0 Å². The van der Waals surface area contributed by atoms with Crippen LogP contribution in [0.1, 0.15) is 16.4 Å². The quantitative estimate of drug-likeness (QED) is 0.680. The van der Waals surface area contributed by atoms with Gasteiger partial charge in [0.1, 0.15) is 5.76 Å². The molecule has 0 aliphatic heterocycles. The maximum atomic E-state index is 12.2. The molecule has 0 atom stereocenters. The van der Waals surface area contributed by atoms with Gasteiger partial charge in [-0.05, 0) is 24.3 Å². The summed E-state index contributed by atoms with van der Waals surface area (Å²) in [7, 11) is 3.54. The average molecular weight is 374 g/mol. The van der Waals surface area contributed by atoms with E-state index in [0.717, 1.165) is 0 Å². The monoisotopic (exact) mass is 373 g/mol. The van der Waals surface area contributed by atoms with E-state index < -0.39 is 5.97 Å². The third-order valence-corrected chi connectivity index (χ3v) is 3.70. The van der Waals surface area contributed by atoms with Gasteiger partial charge in [-0.15, -0.1) is 0 Å². The van der Waals surface area contributed by atoms with E-state index in [1.807, 2.05) is 12.1 Å². The zero-order valence-corrected chi connectivity index (χ0v) is 14.9. The zero-order valence-electron chi connectivity index (χ0n) is 14.1. The third kappa shape index (κ3) is 3.92. The summed E-state index contributed by atoms with van der Waals surface area (Å²) in [6.45, 7) is -0.158. The highest BCUT2D eigenvalue weighted by Crippen LogP contribution is 2.29. The Morgan fingerprint density at radius 2 is 1.96 bits per heavy atom. The molecule has 0 radical (unpaired) electrons. The Morgan fingerprint density at radius 3 is 2.69 bits per heavy atom. The highest BCUT2D eigenvalue weighted by molar-refractivity contribution is 6.33. The van der Waals surface area contributed by atoms with Gasteiger partial charge >= 0.3 is 5.97 Å². The lowest BCUT2D eigenvalue weighted by molar-refractivity contribution is 0.0426. The maximum absolute atomic E-state index is 12.2. The highest BCUT2D eigenvalue weighted by atomic mass is 35.5. The molecule has 0 aliphatic carbocycles. The fourth-order valence-corrected chi connectivity index (χ4v) is 2.37. The van der Waals surface area contributed by atoms with E-state index in [1.54, 1.807) is 37.2 Å². The number of rotatable bonds is 5. The van der Waals surface area contributed by atoms with E-state index in [0.29, 0.717) is 22.3 Å². The maximum Gasteiger partial charge on any atom is 0.374 e. The van der Waals surface area contributed by atoms with Crippen molar-refractivity contribution in [3.63, 3.8) is 0 Å². The number of anilines is 2. The van der Waals surface area contributed by atoms with Gasteiger partial charge in [-0.25, -0.2) is 4.79 Å². The van der Waals surface area contributed by atoms with E-state index in [1.165, 1.54) is 6.07 Å². The summed E-state index contributed by atoms with van der Waals surface area (Å²) in [4.78, 5) is 25.9. The van der Waals surface area contributed by atoms with Gasteiger partial charge in [0.05, 0.1) is 5.02 Å². The summed E-state index contributed by atoms with van der Waals surface area (Å²) in [5, 5.41) is 0.527. The van der Waals surface area contributed by atoms with Crippen molar-refractivity contribution in [2.75, 3.05) is 24.7 Å². The van der Waals surface area contributed by atoms with Crippen LogP contribution in [-0.2, 0) is 11.3 Å². The van der Waals surface area contributed by atoms with Crippen molar-refractivity contribution in [3.8, 4) is 11.3 Å². The Balaban J connectivity index is 1.71. The fourth-order valence-electron chi connectivity index (χ4n) is 2.14. The number of halogens is 1. The first-order valence-corrected chi connectivity index (χ1v) is 8.01. The van der Waals surface area contributed by atoms with Gasteiger partial charge in [-0.1, -0.05) is 23.7 Å². The molecule has 0 saturated heterocycles. The number of hydrogen-bond donors (Lipinski definition) is 1. The topological polar surface area (TPSA) is 107 Å². The van der Waals surface area contributed by atoms with Gasteiger partial charge in [0.2, 0.25) is 17.7 Å². The molecular formula is C17H16ClN5O3. The highest BCUT2D eigenvalue weighted by Gasteiger charge is 2.16. The number of carbonyl (C=O) groups is 1. The first-order valence-electron chi connectivity index (χ1n) is 7.63. The van der Waals surface area contributed by atoms with Crippen molar-refractivity contribution >= 4 is 29.5 Å². The number of esters is 1. The Bertz CT molecular complexity index is 942. The molecule has 2 aromatic heterocycles. The number of nitrogens with zero attached hydrogens (tertiary/aromatic N) is 4. The summed E-state index contributed by atoms with van der Waals surface area (Å²) < 4.78 is 10.7. The van der Waals surface area contributed by atoms with Crippen molar-refractivity contribution in [1.82, 2.24) is 15.0 Å². The average Bonchev–Trinajstić information content (AvgIpc) is 3.09. The van der Waals surface area contributed by atoms with Crippen LogP contribution < -0.4 is 10.6 Å². The van der Waals surface area contributed by atoms with E-state index in [9.17, 15) is 4.79 Å². The minimum Gasteiger partial charge on any atom is -0.452 e. The predicted molar refractivity (Wildman–Crippen MR) is 96.8 cm³/mol. The molecule has 3 aromatic rings. The number of benzene rings is 1. The molecule has 0 amide bonds. The van der Waals surface area contributed by atoms with Gasteiger partial charge in [0.25, 0.3) is 0 Å². The SMILES string of the molecule is CN(C)c1nc(N)nc(COC(=O)c2ccc(-c3ccccc3Cl)o2)n1. The van der Waals surface area contributed by atoms with Gasteiger partial charge in [-0.3, -0.25) is 0 Å². The second-order valence-corrected chi connectivity index (χ2v) is 5.93. The summed E-state index contributed by atoms with van der Waals surface area (Å²) in [5.41, 5.74) is 6.33. The van der Waals surface area contributed by atoms with Crippen molar-refractivity contribution in [2.45, 2.75) is 6.61 Å². The summed E-state index contributed by atoms with van der Waals surface area (Å²) >= 11 is 6.13. The van der Waals surface area contributed by atoms with Crippen LogP contribution in [-0.4, -0.2) is 35.0 Å². The molecule has 2 N–H and O–H groups in total. The lowest BCUT2D eigenvalue weighted by Crippen LogP contribution is -2.17. The van der Waals surface area contributed by atoms with Crippen LogP contribution in [0, 0.1) is 0 Å². The molecular weight excluding hydrogens is 358 g/mol. The number of hydrogen-bond acceptors (Lipinski definition) is 8. The summed E-state index contributed by atoms with van der Waals surface area (Å²) in [6, 6.07) is 10.4. The lowest BCUT2D eigenvalue weighted by Gasteiger charge is -2.11. The first-order chi connectivity index (χ1) is 12.4. The van der Waals surface area contributed by atoms with Crippen LogP contribution >= 0.6 is 11.6 Å². The van der Waals surface area contributed by atoms with Crippen LogP contribution in [0.4, 0.5) is 11.9 Å².